The lowest BCUT2D eigenvalue weighted by Gasteiger charge is -2.36. The maximum Gasteiger partial charge on any atom is 0.282 e. The molecule has 0 aromatic carbocycles. The zero-order chi connectivity index (χ0) is 12.9. The highest BCUT2D eigenvalue weighted by atomic mass is 19.3. The summed E-state index contributed by atoms with van der Waals surface area (Å²) >= 11 is 0. The van der Waals surface area contributed by atoms with Crippen LogP contribution in [0.5, 0.6) is 0 Å². The van der Waals surface area contributed by atoms with Crippen LogP contribution < -0.4 is 0 Å². The van der Waals surface area contributed by atoms with Gasteiger partial charge >= 0.3 is 0 Å². The van der Waals surface area contributed by atoms with Crippen LogP contribution in [0.4, 0.5) is 8.78 Å². The summed E-state index contributed by atoms with van der Waals surface area (Å²) in [5.41, 5.74) is 0.300. The molecule has 0 radical (unpaired) electrons. The highest BCUT2D eigenvalue weighted by Crippen LogP contribution is 2.34. The van der Waals surface area contributed by atoms with Crippen molar-refractivity contribution < 1.29 is 8.78 Å². The monoisotopic (exact) mass is 233 g/mol. The molecule has 3 heteroatoms. The first kappa shape index (κ1) is 15.6. The summed E-state index contributed by atoms with van der Waals surface area (Å²) < 4.78 is 27.2. The Morgan fingerprint density at radius 2 is 1.69 bits per heavy atom. The fraction of sp³-hybridized carbons (Fsp3) is 0.846. The SMILES string of the molecule is CC.CC(C)C1=CCN(C(C)C)CC1(F)F. The molecule has 0 atom stereocenters. The molecule has 0 aromatic rings. The second-order valence-electron chi connectivity index (χ2n) is 4.54. The highest BCUT2D eigenvalue weighted by Gasteiger charge is 2.40. The van der Waals surface area contributed by atoms with E-state index in [1.807, 2.05) is 41.5 Å². The van der Waals surface area contributed by atoms with Gasteiger partial charge in [0.05, 0.1) is 6.54 Å². The van der Waals surface area contributed by atoms with E-state index in [2.05, 4.69) is 0 Å². The largest absolute Gasteiger partial charge is 0.291 e. The van der Waals surface area contributed by atoms with Crippen LogP contribution in [0.1, 0.15) is 41.5 Å². The molecule has 0 saturated heterocycles. The molecule has 0 amide bonds. The molecule has 96 valence electrons. The van der Waals surface area contributed by atoms with E-state index in [0.717, 1.165) is 0 Å². The molecular weight excluding hydrogens is 208 g/mol. The number of alkyl halides is 2. The summed E-state index contributed by atoms with van der Waals surface area (Å²) in [6.07, 6.45) is 1.69. The fourth-order valence-electron chi connectivity index (χ4n) is 1.83. The quantitative estimate of drug-likeness (QED) is 0.653. The maximum absolute atomic E-state index is 13.6. The van der Waals surface area contributed by atoms with Crippen LogP contribution in [0.25, 0.3) is 0 Å². The van der Waals surface area contributed by atoms with Gasteiger partial charge in [-0.3, -0.25) is 4.90 Å². The standard InChI is InChI=1S/C11H19F2N.C2H6/c1-8(2)10-5-6-14(9(3)4)7-11(10,12)13;1-2/h5,8-9H,6-7H2,1-4H3;1-2H3. The molecule has 16 heavy (non-hydrogen) atoms. The van der Waals surface area contributed by atoms with E-state index in [1.54, 1.807) is 11.0 Å². The Labute approximate surface area is 98.5 Å². The molecule has 0 fully saturated rings. The van der Waals surface area contributed by atoms with Gasteiger partial charge in [-0.05, 0) is 25.3 Å². The van der Waals surface area contributed by atoms with E-state index in [0.29, 0.717) is 12.1 Å². The molecular formula is C13H25F2N. The van der Waals surface area contributed by atoms with Gasteiger partial charge < -0.3 is 0 Å². The zero-order valence-electron chi connectivity index (χ0n) is 11.3. The third-order valence-electron chi connectivity index (χ3n) is 2.72. The summed E-state index contributed by atoms with van der Waals surface area (Å²) in [6.45, 7) is 12.1. The van der Waals surface area contributed by atoms with Gasteiger partial charge in [-0.1, -0.05) is 33.8 Å². The van der Waals surface area contributed by atoms with Gasteiger partial charge in [0.25, 0.3) is 5.92 Å². The zero-order valence-corrected chi connectivity index (χ0v) is 11.3. The van der Waals surface area contributed by atoms with Crippen LogP contribution in [0.3, 0.4) is 0 Å². The van der Waals surface area contributed by atoms with Crippen molar-refractivity contribution in [3.63, 3.8) is 0 Å². The van der Waals surface area contributed by atoms with E-state index in [1.165, 1.54) is 0 Å². The van der Waals surface area contributed by atoms with Crippen LogP contribution in [0, 0.1) is 5.92 Å². The minimum absolute atomic E-state index is 0.0562. The van der Waals surface area contributed by atoms with Gasteiger partial charge in [-0.15, -0.1) is 0 Å². The molecule has 1 aliphatic heterocycles. The lowest BCUT2D eigenvalue weighted by atomic mass is 9.93. The molecule has 0 aliphatic carbocycles. The molecule has 1 rings (SSSR count). The summed E-state index contributed by atoms with van der Waals surface area (Å²) in [5.74, 6) is -2.70. The summed E-state index contributed by atoms with van der Waals surface area (Å²) in [7, 11) is 0. The minimum atomic E-state index is -2.64. The Balaban J connectivity index is 0.00000106. The van der Waals surface area contributed by atoms with Crippen LogP contribution >= 0.6 is 0 Å². The molecule has 0 spiro atoms. The lowest BCUT2D eigenvalue weighted by molar-refractivity contribution is -0.0194. The normalized spacial score (nSPS) is 20.5. The molecule has 0 unspecified atom stereocenters. The highest BCUT2D eigenvalue weighted by molar-refractivity contribution is 5.20. The average Bonchev–Trinajstić information content (AvgIpc) is 2.18. The molecule has 1 aliphatic rings. The average molecular weight is 233 g/mol. The number of halogens is 2. The Morgan fingerprint density at radius 3 is 2.00 bits per heavy atom. The van der Waals surface area contributed by atoms with Crippen molar-refractivity contribution in [3.8, 4) is 0 Å². The topological polar surface area (TPSA) is 3.24 Å². The predicted molar refractivity (Wildman–Crippen MR) is 65.9 cm³/mol. The summed E-state index contributed by atoms with van der Waals surface area (Å²) in [4.78, 5) is 1.80. The van der Waals surface area contributed by atoms with E-state index in [4.69, 9.17) is 0 Å². The van der Waals surface area contributed by atoms with Crippen molar-refractivity contribution in [1.29, 1.82) is 0 Å². The van der Waals surface area contributed by atoms with Gasteiger partial charge in [0.2, 0.25) is 0 Å². The number of hydrogen-bond donors (Lipinski definition) is 0. The van der Waals surface area contributed by atoms with Gasteiger partial charge in [-0.25, -0.2) is 8.78 Å². The predicted octanol–water partition coefficient (Wildman–Crippen LogP) is 3.95. The number of rotatable bonds is 2. The molecule has 0 aromatic heterocycles. The van der Waals surface area contributed by atoms with E-state index < -0.39 is 5.92 Å². The second-order valence-corrected chi connectivity index (χ2v) is 4.54. The third kappa shape index (κ3) is 3.85. The van der Waals surface area contributed by atoms with Crippen molar-refractivity contribution in [1.82, 2.24) is 4.90 Å². The van der Waals surface area contributed by atoms with Gasteiger partial charge in [0.1, 0.15) is 0 Å². The minimum Gasteiger partial charge on any atom is -0.291 e. The first-order chi connectivity index (χ1) is 7.34. The van der Waals surface area contributed by atoms with Crippen molar-refractivity contribution in [2.24, 2.45) is 5.92 Å². The molecule has 1 nitrogen and oxygen atoms in total. The second kappa shape index (κ2) is 6.33. The number of hydrogen-bond acceptors (Lipinski definition) is 1. The van der Waals surface area contributed by atoms with Crippen LogP contribution in [-0.4, -0.2) is 30.0 Å². The first-order valence-corrected chi connectivity index (χ1v) is 6.17. The van der Waals surface area contributed by atoms with Crippen molar-refractivity contribution in [2.45, 2.75) is 53.5 Å². The molecule has 0 bridgehead atoms. The van der Waals surface area contributed by atoms with Crippen molar-refractivity contribution in [3.05, 3.63) is 11.6 Å². The summed E-state index contributed by atoms with van der Waals surface area (Å²) in [6, 6.07) is 0.186. The lowest BCUT2D eigenvalue weighted by Crippen LogP contribution is -2.46. The van der Waals surface area contributed by atoms with Crippen LogP contribution in [0.2, 0.25) is 0 Å². The molecule has 1 heterocycles. The van der Waals surface area contributed by atoms with Crippen LogP contribution in [-0.2, 0) is 0 Å². The van der Waals surface area contributed by atoms with Crippen LogP contribution in [0.15, 0.2) is 11.6 Å². The fourth-order valence-corrected chi connectivity index (χ4v) is 1.83. The Hall–Kier alpha value is -0.440. The molecule has 0 saturated carbocycles. The summed E-state index contributed by atoms with van der Waals surface area (Å²) in [5, 5.41) is 0. The van der Waals surface area contributed by atoms with Gasteiger partial charge in [-0.2, -0.15) is 0 Å². The first-order valence-electron chi connectivity index (χ1n) is 6.17. The van der Waals surface area contributed by atoms with Gasteiger partial charge in [0.15, 0.2) is 0 Å². The Bertz CT molecular complexity index is 232. The molecule has 0 N–H and O–H groups in total. The smallest absolute Gasteiger partial charge is 0.282 e. The van der Waals surface area contributed by atoms with E-state index in [9.17, 15) is 8.78 Å². The van der Waals surface area contributed by atoms with Crippen molar-refractivity contribution in [2.75, 3.05) is 13.1 Å². The maximum atomic E-state index is 13.6. The van der Waals surface area contributed by atoms with E-state index >= 15 is 0 Å². The van der Waals surface area contributed by atoms with E-state index in [-0.39, 0.29) is 18.5 Å². The Kier molecular flexibility index (Phi) is 6.16. The number of nitrogens with zero attached hydrogens (tertiary/aromatic N) is 1. The van der Waals surface area contributed by atoms with Gasteiger partial charge in [0, 0.05) is 12.6 Å². The Morgan fingerprint density at radius 1 is 1.19 bits per heavy atom. The third-order valence-corrected chi connectivity index (χ3v) is 2.72. The van der Waals surface area contributed by atoms with Crippen molar-refractivity contribution >= 4 is 0 Å².